The molecule has 0 saturated carbocycles. The molecule has 1 N–H and O–H groups in total. The van der Waals surface area contributed by atoms with Crippen LogP contribution in [0.4, 0.5) is 0 Å². The van der Waals surface area contributed by atoms with Crippen molar-refractivity contribution < 1.29 is 19.0 Å². The van der Waals surface area contributed by atoms with Crippen molar-refractivity contribution in [3.8, 4) is 22.8 Å². The van der Waals surface area contributed by atoms with E-state index in [1.54, 1.807) is 19.2 Å². The minimum atomic E-state index is -0.616. The number of benzene rings is 2. The number of hydrogen-bond donors (Lipinski definition) is 1. The van der Waals surface area contributed by atoms with E-state index < -0.39 is 6.10 Å². The second-order valence-electron chi connectivity index (χ2n) is 8.12. The molecule has 3 aromatic rings. The molecule has 2 aromatic carbocycles. The summed E-state index contributed by atoms with van der Waals surface area (Å²) < 4.78 is 17.5. The number of ether oxygens (including phenoxy) is 2. The molecule has 1 fully saturated rings. The fourth-order valence-corrected chi connectivity index (χ4v) is 4.85. The Morgan fingerprint density at radius 3 is 2.59 bits per heavy atom. The summed E-state index contributed by atoms with van der Waals surface area (Å²) in [7, 11) is 3.08. The maximum atomic E-state index is 13.2. The van der Waals surface area contributed by atoms with E-state index in [0.717, 1.165) is 25.9 Å². The molecule has 0 radical (unpaired) electrons. The molecule has 4 rings (SSSR count). The minimum absolute atomic E-state index is 0.236. The van der Waals surface area contributed by atoms with E-state index in [-0.39, 0.29) is 11.3 Å². The Hall–Kier alpha value is -2.54. The van der Waals surface area contributed by atoms with Gasteiger partial charge in [0.25, 0.3) is 0 Å². The molecule has 0 aliphatic carbocycles. The summed E-state index contributed by atoms with van der Waals surface area (Å²) in [4.78, 5) is 15.5. The summed E-state index contributed by atoms with van der Waals surface area (Å²) in [5, 5.41) is 11.9. The number of likely N-dealkylation sites (tertiary alicyclic amines) is 1. The zero-order chi connectivity index (χ0) is 22.8. The molecule has 7 heteroatoms. The molecule has 2 atom stereocenters. The van der Waals surface area contributed by atoms with Gasteiger partial charge in [0.1, 0.15) is 28.2 Å². The van der Waals surface area contributed by atoms with Gasteiger partial charge in [-0.1, -0.05) is 30.7 Å². The molecule has 0 unspecified atom stereocenters. The molecule has 0 spiro atoms. The van der Waals surface area contributed by atoms with Gasteiger partial charge in [0.05, 0.1) is 25.3 Å². The summed E-state index contributed by atoms with van der Waals surface area (Å²) in [6, 6.07) is 10.4. The third-order valence-electron chi connectivity index (χ3n) is 6.12. The molecule has 2 heterocycles. The van der Waals surface area contributed by atoms with Crippen LogP contribution in [-0.4, -0.2) is 50.0 Å². The SMILES string of the molecule is CCCN1CC[C@H](c2c(OC)cc(OC)c3c(=O)cc(-c4ccccc4Cl)oc23)[C@@H](O)C1. The van der Waals surface area contributed by atoms with E-state index in [0.29, 0.717) is 50.9 Å². The van der Waals surface area contributed by atoms with Crippen molar-refractivity contribution in [1.29, 1.82) is 0 Å². The number of nitrogens with zero attached hydrogens (tertiary/aromatic N) is 1. The first-order chi connectivity index (χ1) is 15.5. The van der Waals surface area contributed by atoms with Gasteiger partial charge in [-0.2, -0.15) is 0 Å². The lowest BCUT2D eigenvalue weighted by Crippen LogP contribution is -2.43. The summed E-state index contributed by atoms with van der Waals surface area (Å²) in [5.74, 6) is 1.03. The van der Waals surface area contributed by atoms with E-state index in [4.69, 9.17) is 25.5 Å². The predicted octanol–water partition coefficient (Wildman–Crippen LogP) is 4.69. The maximum Gasteiger partial charge on any atom is 0.197 e. The van der Waals surface area contributed by atoms with Crippen molar-refractivity contribution in [2.24, 2.45) is 0 Å². The number of hydrogen-bond acceptors (Lipinski definition) is 6. The van der Waals surface area contributed by atoms with Crippen LogP contribution in [0.25, 0.3) is 22.3 Å². The Morgan fingerprint density at radius 1 is 1.19 bits per heavy atom. The van der Waals surface area contributed by atoms with Crippen LogP contribution in [0.15, 0.2) is 45.6 Å². The topological polar surface area (TPSA) is 72.1 Å². The highest BCUT2D eigenvalue weighted by atomic mass is 35.5. The summed E-state index contributed by atoms with van der Waals surface area (Å²) in [5.41, 5.74) is 1.45. The molecule has 1 aromatic heterocycles. The molecule has 6 nitrogen and oxygen atoms in total. The van der Waals surface area contributed by atoms with Crippen LogP contribution >= 0.6 is 11.6 Å². The average molecular weight is 458 g/mol. The largest absolute Gasteiger partial charge is 0.496 e. The monoisotopic (exact) mass is 457 g/mol. The highest BCUT2D eigenvalue weighted by Crippen LogP contribution is 2.43. The zero-order valence-corrected chi connectivity index (χ0v) is 19.3. The van der Waals surface area contributed by atoms with Gasteiger partial charge in [-0.05, 0) is 38.1 Å². The van der Waals surface area contributed by atoms with E-state index >= 15 is 0 Å². The van der Waals surface area contributed by atoms with Crippen molar-refractivity contribution in [2.75, 3.05) is 33.9 Å². The van der Waals surface area contributed by atoms with Crippen LogP contribution in [-0.2, 0) is 0 Å². The molecule has 170 valence electrons. The third kappa shape index (κ3) is 4.10. The lowest BCUT2D eigenvalue weighted by atomic mass is 9.85. The molecule has 0 amide bonds. The first-order valence-electron chi connectivity index (χ1n) is 10.9. The van der Waals surface area contributed by atoms with Crippen LogP contribution in [0.3, 0.4) is 0 Å². The number of β-amino-alcohol motifs (C(OH)–C–C–N with tert-alkyl or cyclic N) is 1. The van der Waals surface area contributed by atoms with Gasteiger partial charge >= 0.3 is 0 Å². The lowest BCUT2D eigenvalue weighted by molar-refractivity contribution is 0.0508. The average Bonchev–Trinajstić information content (AvgIpc) is 2.79. The van der Waals surface area contributed by atoms with E-state index in [1.807, 2.05) is 18.2 Å². The number of fused-ring (bicyclic) bond motifs is 1. The van der Waals surface area contributed by atoms with Crippen LogP contribution in [0.1, 0.15) is 31.2 Å². The summed E-state index contributed by atoms with van der Waals surface area (Å²) >= 11 is 6.38. The van der Waals surface area contributed by atoms with Crippen molar-refractivity contribution in [3.63, 3.8) is 0 Å². The number of methoxy groups -OCH3 is 2. The number of aliphatic hydroxyl groups excluding tert-OH is 1. The second kappa shape index (κ2) is 9.53. The van der Waals surface area contributed by atoms with Crippen molar-refractivity contribution in [3.05, 3.63) is 57.2 Å². The van der Waals surface area contributed by atoms with Crippen LogP contribution in [0.5, 0.6) is 11.5 Å². The lowest BCUT2D eigenvalue weighted by Gasteiger charge is -2.36. The van der Waals surface area contributed by atoms with Gasteiger partial charge in [-0.15, -0.1) is 0 Å². The Balaban J connectivity index is 1.95. The van der Waals surface area contributed by atoms with E-state index in [2.05, 4.69) is 11.8 Å². The van der Waals surface area contributed by atoms with Crippen LogP contribution in [0, 0.1) is 0 Å². The first kappa shape index (κ1) is 22.6. The van der Waals surface area contributed by atoms with Crippen molar-refractivity contribution in [2.45, 2.75) is 31.8 Å². The molecule has 1 aliphatic rings. The second-order valence-corrected chi connectivity index (χ2v) is 8.52. The van der Waals surface area contributed by atoms with Gasteiger partial charge in [-0.3, -0.25) is 4.79 Å². The van der Waals surface area contributed by atoms with Gasteiger partial charge in [0, 0.05) is 35.7 Å². The number of aliphatic hydroxyl groups is 1. The van der Waals surface area contributed by atoms with Crippen LogP contribution < -0.4 is 14.9 Å². The van der Waals surface area contributed by atoms with Gasteiger partial charge in [-0.25, -0.2) is 0 Å². The summed E-state index contributed by atoms with van der Waals surface area (Å²) in [6.45, 7) is 4.48. The fourth-order valence-electron chi connectivity index (χ4n) is 4.63. The highest BCUT2D eigenvalue weighted by molar-refractivity contribution is 6.33. The van der Waals surface area contributed by atoms with Crippen molar-refractivity contribution >= 4 is 22.6 Å². The molecule has 1 saturated heterocycles. The molecule has 32 heavy (non-hydrogen) atoms. The number of piperidine rings is 1. The predicted molar refractivity (Wildman–Crippen MR) is 126 cm³/mol. The number of rotatable bonds is 6. The smallest absolute Gasteiger partial charge is 0.197 e. The molecular formula is C25H28ClNO5. The fraction of sp³-hybridized carbons (Fsp3) is 0.400. The van der Waals surface area contributed by atoms with Crippen molar-refractivity contribution in [1.82, 2.24) is 4.90 Å². The third-order valence-corrected chi connectivity index (χ3v) is 6.45. The Kier molecular flexibility index (Phi) is 6.74. The highest BCUT2D eigenvalue weighted by Gasteiger charge is 2.34. The summed E-state index contributed by atoms with van der Waals surface area (Å²) in [6.07, 6.45) is 1.14. The molecule has 1 aliphatic heterocycles. The first-order valence-corrected chi connectivity index (χ1v) is 11.2. The van der Waals surface area contributed by atoms with E-state index in [9.17, 15) is 9.90 Å². The molecule has 0 bridgehead atoms. The quantitative estimate of drug-likeness (QED) is 0.579. The standard InChI is InChI=1S/C25H28ClNO5/c1-4-10-27-11-9-16(19(29)14-27)23-21(30-2)13-22(31-3)24-18(28)12-20(32-25(23)24)15-7-5-6-8-17(15)26/h5-8,12-13,16,19,29H,4,9-11,14H2,1-3H3/t16-,19-/m0/s1. The minimum Gasteiger partial charge on any atom is -0.496 e. The number of halogens is 1. The zero-order valence-electron chi connectivity index (χ0n) is 18.6. The Bertz CT molecular complexity index is 1170. The van der Waals surface area contributed by atoms with Gasteiger partial charge < -0.3 is 23.9 Å². The van der Waals surface area contributed by atoms with Gasteiger partial charge in [0.2, 0.25) is 0 Å². The van der Waals surface area contributed by atoms with E-state index in [1.165, 1.54) is 13.2 Å². The molecular weight excluding hydrogens is 430 g/mol. The maximum absolute atomic E-state index is 13.2. The Labute approximate surface area is 192 Å². The normalized spacial score (nSPS) is 19.3. The van der Waals surface area contributed by atoms with Crippen LogP contribution in [0.2, 0.25) is 5.02 Å². The van der Waals surface area contributed by atoms with Gasteiger partial charge in [0.15, 0.2) is 5.43 Å². The Morgan fingerprint density at radius 2 is 1.94 bits per heavy atom.